The number of nitrogens with one attached hydrogen (secondary N) is 1. The topological polar surface area (TPSA) is 15.3 Å². The highest BCUT2D eigenvalue weighted by Crippen LogP contribution is 2.21. The Morgan fingerprint density at radius 2 is 1.95 bits per heavy atom. The van der Waals surface area contributed by atoms with Crippen LogP contribution in [0.4, 0.5) is 13.2 Å². The van der Waals surface area contributed by atoms with Gasteiger partial charge in [-0.15, -0.1) is 0 Å². The van der Waals surface area contributed by atoms with Crippen LogP contribution in [0.2, 0.25) is 0 Å². The van der Waals surface area contributed by atoms with E-state index in [0.717, 1.165) is 12.1 Å². The van der Waals surface area contributed by atoms with Gasteiger partial charge in [0.1, 0.15) is 0 Å². The normalized spacial score (nSPS) is 15.8. The average molecular weight is 286 g/mol. The smallest absolute Gasteiger partial charge is 0.310 e. The molecular formula is C15H21F3N2. The summed E-state index contributed by atoms with van der Waals surface area (Å²) in [5, 5.41) is 3.44. The zero-order valence-electron chi connectivity index (χ0n) is 11.7. The molecule has 1 fully saturated rings. The van der Waals surface area contributed by atoms with Crippen LogP contribution >= 0.6 is 0 Å². The lowest BCUT2D eigenvalue weighted by Crippen LogP contribution is -2.24. The second kappa shape index (κ2) is 6.59. The predicted octanol–water partition coefficient (Wildman–Crippen LogP) is 3.32. The van der Waals surface area contributed by atoms with Gasteiger partial charge in [-0.05, 0) is 31.0 Å². The first kappa shape index (κ1) is 15.3. The Morgan fingerprint density at radius 1 is 1.25 bits per heavy atom. The summed E-state index contributed by atoms with van der Waals surface area (Å²) >= 11 is 0. The fourth-order valence-electron chi connectivity index (χ4n) is 2.10. The van der Waals surface area contributed by atoms with Crippen molar-refractivity contribution in [1.82, 2.24) is 10.2 Å². The van der Waals surface area contributed by atoms with Crippen molar-refractivity contribution in [3.63, 3.8) is 0 Å². The minimum atomic E-state index is -4.08. The van der Waals surface area contributed by atoms with Crippen molar-refractivity contribution in [3.05, 3.63) is 35.4 Å². The summed E-state index contributed by atoms with van der Waals surface area (Å²) < 4.78 is 36.5. The lowest BCUT2D eigenvalue weighted by atomic mass is 10.1. The van der Waals surface area contributed by atoms with Gasteiger partial charge >= 0.3 is 6.18 Å². The van der Waals surface area contributed by atoms with Gasteiger partial charge in [0.25, 0.3) is 0 Å². The average Bonchev–Trinajstić information content (AvgIpc) is 3.18. The number of halogens is 3. The van der Waals surface area contributed by atoms with Crippen molar-refractivity contribution < 1.29 is 13.2 Å². The highest BCUT2D eigenvalue weighted by Gasteiger charge is 2.27. The Bertz CT molecular complexity index is 427. The second-order valence-electron chi connectivity index (χ2n) is 5.58. The van der Waals surface area contributed by atoms with E-state index in [4.69, 9.17) is 0 Å². The van der Waals surface area contributed by atoms with E-state index in [0.29, 0.717) is 12.6 Å². The largest absolute Gasteiger partial charge is 0.390 e. The highest BCUT2D eigenvalue weighted by molar-refractivity contribution is 5.23. The summed E-state index contributed by atoms with van der Waals surface area (Å²) in [6.07, 6.45) is -2.34. The van der Waals surface area contributed by atoms with Crippen molar-refractivity contribution in [3.8, 4) is 0 Å². The fraction of sp³-hybridized carbons (Fsp3) is 0.600. The van der Waals surface area contributed by atoms with E-state index in [1.807, 2.05) is 12.1 Å². The van der Waals surface area contributed by atoms with E-state index in [2.05, 4.69) is 17.4 Å². The molecule has 0 spiro atoms. The molecule has 0 radical (unpaired) electrons. The standard InChI is InChI=1S/C15H21F3N2/c1-20(8-7-15(16,17)18)11-13-4-2-3-12(9-13)10-19-14-5-6-14/h2-4,9,14,19H,5-8,10-11H2,1H3. The number of alkyl halides is 3. The summed E-state index contributed by atoms with van der Waals surface area (Å²) in [5.41, 5.74) is 2.25. The third kappa shape index (κ3) is 5.92. The van der Waals surface area contributed by atoms with Crippen LogP contribution in [-0.2, 0) is 13.1 Å². The molecule has 0 aromatic heterocycles. The van der Waals surface area contributed by atoms with Gasteiger partial charge in [-0.3, -0.25) is 0 Å². The SMILES string of the molecule is CN(CCC(F)(F)F)Cc1cccc(CNC2CC2)c1. The zero-order chi connectivity index (χ0) is 14.6. The Hall–Kier alpha value is -1.07. The van der Waals surface area contributed by atoms with Gasteiger partial charge in [-0.25, -0.2) is 0 Å². The molecule has 5 heteroatoms. The van der Waals surface area contributed by atoms with Gasteiger partial charge < -0.3 is 10.2 Å². The van der Waals surface area contributed by atoms with E-state index in [-0.39, 0.29) is 6.54 Å². The van der Waals surface area contributed by atoms with Gasteiger partial charge in [0.05, 0.1) is 6.42 Å². The second-order valence-corrected chi connectivity index (χ2v) is 5.58. The molecule has 0 aliphatic heterocycles. The minimum absolute atomic E-state index is 0.0358. The van der Waals surface area contributed by atoms with E-state index in [1.54, 1.807) is 11.9 Å². The van der Waals surface area contributed by atoms with E-state index in [1.165, 1.54) is 18.4 Å². The lowest BCUT2D eigenvalue weighted by Gasteiger charge is -2.18. The molecule has 1 aliphatic carbocycles. The van der Waals surface area contributed by atoms with E-state index < -0.39 is 12.6 Å². The van der Waals surface area contributed by atoms with Gasteiger partial charge in [-0.1, -0.05) is 24.3 Å². The minimum Gasteiger partial charge on any atom is -0.310 e. The van der Waals surface area contributed by atoms with Crippen molar-refractivity contribution in [1.29, 1.82) is 0 Å². The molecule has 1 aromatic carbocycles. The third-order valence-corrected chi connectivity index (χ3v) is 3.39. The molecule has 1 aliphatic rings. The Labute approximate surface area is 118 Å². The van der Waals surface area contributed by atoms with Crippen LogP contribution in [-0.4, -0.2) is 30.7 Å². The van der Waals surface area contributed by atoms with Gasteiger partial charge in [-0.2, -0.15) is 13.2 Å². The number of benzene rings is 1. The van der Waals surface area contributed by atoms with Crippen LogP contribution < -0.4 is 5.32 Å². The van der Waals surface area contributed by atoms with E-state index >= 15 is 0 Å². The maximum Gasteiger partial charge on any atom is 0.390 e. The molecule has 112 valence electrons. The molecular weight excluding hydrogens is 265 g/mol. The summed E-state index contributed by atoms with van der Waals surface area (Å²) in [6.45, 7) is 1.42. The maximum absolute atomic E-state index is 12.2. The van der Waals surface area contributed by atoms with Gasteiger partial charge in [0.2, 0.25) is 0 Å². The van der Waals surface area contributed by atoms with E-state index in [9.17, 15) is 13.2 Å². The van der Waals surface area contributed by atoms with Crippen LogP contribution in [0.5, 0.6) is 0 Å². The Kier molecular flexibility index (Phi) is 5.05. The van der Waals surface area contributed by atoms with Crippen molar-refractivity contribution in [2.45, 2.75) is 44.6 Å². The Morgan fingerprint density at radius 3 is 2.60 bits per heavy atom. The van der Waals surface area contributed by atoms with Gasteiger partial charge in [0, 0.05) is 25.7 Å². The van der Waals surface area contributed by atoms with Crippen molar-refractivity contribution in [2.75, 3.05) is 13.6 Å². The van der Waals surface area contributed by atoms with Crippen LogP contribution in [0.3, 0.4) is 0 Å². The summed E-state index contributed by atoms with van der Waals surface area (Å²) in [7, 11) is 1.72. The number of nitrogens with zero attached hydrogens (tertiary/aromatic N) is 1. The molecule has 0 bridgehead atoms. The Balaban J connectivity index is 1.80. The highest BCUT2D eigenvalue weighted by atomic mass is 19.4. The zero-order valence-corrected chi connectivity index (χ0v) is 11.7. The number of hydrogen-bond acceptors (Lipinski definition) is 2. The summed E-state index contributed by atoms with van der Waals surface area (Å²) in [5.74, 6) is 0. The third-order valence-electron chi connectivity index (χ3n) is 3.39. The fourth-order valence-corrected chi connectivity index (χ4v) is 2.10. The first-order valence-electron chi connectivity index (χ1n) is 6.99. The quantitative estimate of drug-likeness (QED) is 0.827. The van der Waals surface area contributed by atoms with Crippen LogP contribution in [0.15, 0.2) is 24.3 Å². The molecule has 1 saturated carbocycles. The summed E-state index contributed by atoms with van der Waals surface area (Å²) in [4.78, 5) is 1.71. The molecule has 2 nitrogen and oxygen atoms in total. The number of hydrogen-bond donors (Lipinski definition) is 1. The first-order chi connectivity index (χ1) is 9.42. The molecule has 0 atom stereocenters. The van der Waals surface area contributed by atoms with Crippen LogP contribution in [0.25, 0.3) is 0 Å². The first-order valence-corrected chi connectivity index (χ1v) is 6.99. The van der Waals surface area contributed by atoms with Crippen molar-refractivity contribution in [2.24, 2.45) is 0 Å². The predicted molar refractivity (Wildman–Crippen MR) is 73.3 cm³/mol. The molecule has 1 aromatic rings. The number of rotatable bonds is 7. The monoisotopic (exact) mass is 286 g/mol. The molecule has 0 saturated heterocycles. The van der Waals surface area contributed by atoms with Crippen molar-refractivity contribution >= 4 is 0 Å². The molecule has 2 rings (SSSR count). The van der Waals surface area contributed by atoms with Gasteiger partial charge in [0.15, 0.2) is 0 Å². The molecule has 0 amide bonds. The molecule has 1 N–H and O–H groups in total. The summed E-state index contributed by atoms with van der Waals surface area (Å²) in [6, 6.07) is 8.71. The maximum atomic E-state index is 12.2. The lowest BCUT2D eigenvalue weighted by molar-refractivity contribution is -0.137. The van der Waals surface area contributed by atoms with Crippen LogP contribution in [0.1, 0.15) is 30.4 Å². The molecule has 0 unspecified atom stereocenters. The van der Waals surface area contributed by atoms with Crippen LogP contribution in [0, 0.1) is 0 Å². The molecule has 0 heterocycles. The molecule has 20 heavy (non-hydrogen) atoms.